The number of hydrogen-bond donors (Lipinski definition) is 2. The molecule has 4 nitrogen and oxygen atoms in total. The topological polar surface area (TPSA) is 58.9 Å². The summed E-state index contributed by atoms with van der Waals surface area (Å²) in [7, 11) is 2.83. The second kappa shape index (κ2) is 4.39. The Morgan fingerprint density at radius 3 is 2.43 bits per heavy atom. The van der Waals surface area contributed by atoms with Crippen molar-refractivity contribution < 1.29 is 19.7 Å². The fourth-order valence-electron chi connectivity index (χ4n) is 1.15. The van der Waals surface area contributed by atoms with Crippen LogP contribution in [0, 0.1) is 0 Å². The molecular weight excluding hydrogens is 208 g/mol. The van der Waals surface area contributed by atoms with E-state index in [-0.39, 0.29) is 28.7 Å². The van der Waals surface area contributed by atoms with Crippen molar-refractivity contribution in [3.8, 4) is 17.2 Å². The summed E-state index contributed by atoms with van der Waals surface area (Å²) in [5, 5.41) is 18.7. The molecule has 1 rings (SSSR count). The van der Waals surface area contributed by atoms with Crippen molar-refractivity contribution >= 4 is 11.6 Å². The third kappa shape index (κ3) is 1.71. The van der Waals surface area contributed by atoms with E-state index in [9.17, 15) is 5.11 Å². The van der Waals surface area contributed by atoms with Crippen molar-refractivity contribution in [1.29, 1.82) is 0 Å². The molecule has 0 atom stereocenters. The van der Waals surface area contributed by atoms with Crippen LogP contribution in [0.3, 0.4) is 0 Å². The molecular formula is C9H11ClO4. The summed E-state index contributed by atoms with van der Waals surface area (Å²) in [5.74, 6) is 0.426. The molecule has 0 aliphatic carbocycles. The SMILES string of the molecule is COc1cc(O)c(CO)c(OC)c1Cl. The van der Waals surface area contributed by atoms with Gasteiger partial charge >= 0.3 is 0 Å². The van der Waals surface area contributed by atoms with Gasteiger partial charge in [0.25, 0.3) is 0 Å². The lowest BCUT2D eigenvalue weighted by Gasteiger charge is -2.13. The van der Waals surface area contributed by atoms with Crippen LogP contribution in [-0.4, -0.2) is 24.4 Å². The van der Waals surface area contributed by atoms with Gasteiger partial charge < -0.3 is 19.7 Å². The van der Waals surface area contributed by atoms with Crippen molar-refractivity contribution in [3.63, 3.8) is 0 Å². The van der Waals surface area contributed by atoms with Gasteiger partial charge in [-0.2, -0.15) is 0 Å². The van der Waals surface area contributed by atoms with Crippen LogP contribution in [0.25, 0.3) is 0 Å². The smallest absolute Gasteiger partial charge is 0.150 e. The molecule has 0 unspecified atom stereocenters. The first-order chi connectivity index (χ1) is 6.65. The van der Waals surface area contributed by atoms with Crippen molar-refractivity contribution in [2.75, 3.05) is 14.2 Å². The zero-order chi connectivity index (χ0) is 10.7. The van der Waals surface area contributed by atoms with Crippen LogP contribution >= 0.6 is 11.6 Å². The van der Waals surface area contributed by atoms with Gasteiger partial charge in [0.15, 0.2) is 0 Å². The Kier molecular flexibility index (Phi) is 3.43. The zero-order valence-electron chi connectivity index (χ0n) is 7.87. The Morgan fingerprint density at radius 1 is 1.36 bits per heavy atom. The molecule has 0 heterocycles. The molecule has 0 aliphatic heterocycles. The predicted octanol–water partition coefficient (Wildman–Crippen LogP) is 1.56. The molecule has 5 heteroatoms. The van der Waals surface area contributed by atoms with Crippen LogP contribution in [0.15, 0.2) is 6.07 Å². The molecule has 1 aromatic rings. The number of benzene rings is 1. The van der Waals surface area contributed by atoms with Gasteiger partial charge in [-0.1, -0.05) is 11.6 Å². The number of ether oxygens (including phenoxy) is 2. The normalized spacial score (nSPS) is 10.0. The fourth-order valence-corrected chi connectivity index (χ4v) is 1.47. The highest BCUT2D eigenvalue weighted by Crippen LogP contribution is 2.41. The Balaban J connectivity index is 3.40. The Labute approximate surface area is 86.6 Å². The van der Waals surface area contributed by atoms with Gasteiger partial charge in [0.1, 0.15) is 22.3 Å². The predicted molar refractivity (Wildman–Crippen MR) is 52.1 cm³/mol. The van der Waals surface area contributed by atoms with Crippen molar-refractivity contribution in [2.45, 2.75) is 6.61 Å². The second-order valence-electron chi connectivity index (χ2n) is 2.58. The number of phenols is 1. The number of rotatable bonds is 3. The van der Waals surface area contributed by atoms with Gasteiger partial charge in [-0.15, -0.1) is 0 Å². The van der Waals surface area contributed by atoms with Crippen molar-refractivity contribution in [2.24, 2.45) is 0 Å². The van der Waals surface area contributed by atoms with E-state index < -0.39 is 0 Å². The molecule has 0 aliphatic rings. The highest BCUT2D eigenvalue weighted by molar-refractivity contribution is 6.33. The Morgan fingerprint density at radius 2 is 2.00 bits per heavy atom. The summed E-state index contributed by atoms with van der Waals surface area (Å²) in [4.78, 5) is 0. The molecule has 1 aromatic carbocycles. The van der Waals surface area contributed by atoms with Crippen LogP contribution in [0.1, 0.15) is 5.56 Å². The summed E-state index contributed by atoms with van der Waals surface area (Å²) in [5.41, 5.74) is 0.248. The van der Waals surface area contributed by atoms with E-state index in [0.717, 1.165) is 0 Å². The summed E-state index contributed by atoms with van der Waals surface area (Å²) >= 11 is 5.89. The molecule has 0 spiro atoms. The number of methoxy groups -OCH3 is 2. The summed E-state index contributed by atoms with van der Waals surface area (Å²) in [6.07, 6.45) is 0. The lowest BCUT2D eigenvalue weighted by atomic mass is 10.1. The maximum Gasteiger partial charge on any atom is 0.150 e. The molecule has 0 fully saturated rings. The number of aromatic hydroxyl groups is 1. The highest BCUT2D eigenvalue weighted by atomic mass is 35.5. The lowest BCUT2D eigenvalue weighted by molar-refractivity contribution is 0.266. The molecule has 14 heavy (non-hydrogen) atoms. The maximum absolute atomic E-state index is 9.48. The minimum Gasteiger partial charge on any atom is -0.507 e. The number of aliphatic hydroxyl groups excluding tert-OH is 1. The van der Waals surface area contributed by atoms with E-state index >= 15 is 0 Å². The third-order valence-corrected chi connectivity index (χ3v) is 2.21. The average molecular weight is 219 g/mol. The molecule has 0 saturated carbocycles. The molecule has 0 radical (unpaired) electrons. The largest absolute Gasteiger partial charge is 0.507 e. The van der Waals surface area contributed by atoms with Crippen LogP contribution in [0.5, 0.6) is 17.2 Å². The van der Waals surface area contributed by atoms with Gasteiger partial charge in [0, 0.05) is 6.07 Å². The van der Waals surface area contributed by atoms with Gasteiger partial charge in [-0.05, 0) is 0 Å². The first kappa shape index (κ1) is 10.9. The first-order valence-electron chi connectivity index (χ1n) is 3.88. The van der Waals surface area contributed by atoms with E-state index in [2.05, 4.69) is 0 Å². The second-order valence-corrected chi connectivity index (χ2v) is 2.96. The summed E-state index contributed by atoms with van der Waals surface area (Å²) in [6, 6.07) is 1.33. The average Bonchev–Trinajstić information content (AvgIpc) is 2.20. The van der Waals surface area contributed by atoms with E-state index in [0.29, 0.717) is 5.75 Å². The summed E-state index contributed by atoms with van der Waals surface area (Å²) in [6.45, 7) is -0.348. The van der Waals surface area contributed by atoms with Crippen LogP contribution in [0.2, 0.25) is 5.02 Å². The minimum atomic E-state index is -0.348. The quantitative estimate of drug-likeness (QED) is 0.808. The van der Waals surface area contributed by atoms with E-state index in [1.165, 1.54) is 20.3 Å². The van der Waals surface area contributed by atoms with Crippen LogP contribution in [-0.2, 0) is 6.61 Å². The monoisotopic (exact) mass is 218 g/mol. The Hall–Kier alpha value is -1.13. The third-order valence-electron chi connectivity index (χ3n) is 1.85. The summed E-state index contributed by atoms with van der Waals surface area (Å²) < 4.78 is 9.87. The van der Waals surface area contributed by atoms with E-state index in [1.54, 1.807) is 0 Å². The van der Waals surface area contributed by atoms with Crippen LogP contribution in [0.4, 0.5) is 0 Å². The van der Waals surface area contributed by atoms with Crippen molar-refractivity contribution in [3.05, 3.63) is 16.7 Å². The van der Waals surface area contributed by atoms with E-state index in [1.807, 2.05) is 0 Å². The van der Waals surface area contributed by atoms with E-state index in [4.69, 9.17) is 26.2 Å². The molecule has 2 N–H and O–H groups in total. The highest BCUT2D eigenvalue weighted by Gasteiger charge is 2.17. The standard InChI is InChI=1S/C9H11ClO4/c1-13-7-3-6(12)5(4-11)9(14-2)8(7)10/h3,11-12H,4H2,1-2H3. The Bertz CT molecular complexity index is 338. The number of halogens is 1. The van der Waals surface area contributed by atoms with Gasteiger partial charge in [0.2, 0.25) is 0 Å². The number of hydrogen-bond acceptors (Lipinski definition) is 4. The van der Waals surface area contributed by atoms with Gasteiger partial charge in [-0.25, -0.2) is 0 Å². The molecule has 78 valence electrons. The molecule has 0 aromatic heterocycles. The minimum absolute atomic E-state index is 0.106. The van der Waals surface area contributed by atoms with Crippen molar-refractivity contribution in [1.82, 2.24) is 0 Å². The molecule has 0 amide bonds. The first-order valence-corrected chi connectivity index (χ1v) is 4.26. The van der Waals surface area contributed by atoms with Crippen LogP contribution < -0.4 is 9.47 Å². The van der Waals surface area contributed by atoms with Gasteiger partial charge in [0.05, 0.1) is 26.4 Å². The van der Waals surface area contributed by atoms with Gasteiger partial charge in [-0.3, -0.25) is 0 Å². The zero-order valence-corrected chi connectivity index (χ0v) is 8.63. The fraction of sp³-hybridized carbons (Fsp3) is 0.333. The lowest BCUT2D eigenvalue weighted by Crippen LogP contribution is -1.96. The number of aliphatic hydroxyl groups is 1. The molecule has 0 bridgehead atoms. The molecule has 0 saturated heterocycles. The maximum atomic E-state index is 9.48.